The minimum atomic E-state index is 0. The van der Waals surface area contributed by atoms with Crippen LogP contribution in [0.3, 0.4) is 0 Å². The topological polar surface area (TPSA) is 86.5 Å². The highest BCUT2D eigenvalue weighted by atomic mass is 35.5. The van der Waals surface area contributed by atoms with Crippen molar-refractivity contribution in [2.75, 3.05) is 0 Å². The Labute approximate surface area is 121 Å². The minimum Gasteiger partial charge on any atom is -0.379 e. The Hall–Kier alpha value is -1.77. The van der Waals surface area contributed by atoms with Gasteiger partial charge in [0.15, 0.2) is 5.17 Å². The first kappa shape index (κ1) is 15.3. The SMILES string of the molecule is Cl.N#CCc1c(CSC(=N)N)ncc2ccccc12. The van der Waals surface area contributed by atoms with E-state index in [9.17, 15) is 0 Å². The zero-order chi connectivity index (χ0) is 13.0. The summed E-state index contributed by atoms with van der Waals surface area (Å²) in [6.45, 7) is 0. The number of nitrogens with one attached hydrogen (secondary N) is 1. The van der Waals surface area contributed by atoms with Crippen LogP contribution in [0.25, 0.3) is 10.8 Å². The fourth-order valence-corrected chi connectivity index (χ4v) is 2.35. The summed E-state index contributed by atoms with van der Waals surface area (Å²) in [7, 11) is 0. The molecule has 19 heavy (non-hydrogen) atoms. The van der Waals surface area contributed by atoms with Gasteiger partial charge in [0.1, 0.15) is 0 Å². The molecule has 0 bridgehead atoms. The normalized spacial score (nSPS) is 9.63. The van der Waals surface area contributed by atoms with E-state index < -0.39 is 0 Å². The van der Waals surface area contributed by atoms with Gasteiger partial charge in [0.25, 0.3) is 0 Å². The van der Waals surface area contributed by atoms with Gasteiger partial charge in [0.05, 0.1) is 18.2 Å². The molecular weight excluding hydrogens is 280 g/mol. The number of pyridine rings is 1. The van der Waals surface area contributed by atoms with Gasteiger partial charge in [-0.2, -0.15) is 5.26 Å². The van der Waals surface area contributed by atoms with Crippen LogP contribution >= 0.6 is 24.2 Å². The van der Waals surface area contributed by atoms with E-state index in [1.165, 1.54) is 11.8 Å². The Balaban J connectivity index is 0.00000180. The molecule has 0 fully saturated rings. The molecule has 4 nitrogen and oxygen atoms in total. The fourth-order valence-electron chi connectivity index (χ4n) is 1.81. The summed E-state index contributed by atoms with van der Waals surface area (Å²) in [5, 5.41) is 18.3. The van der Waals surface area contributed by atoms with Crippen LogP contribution in [-0.4, -0.2) is 10.2 Å². The van der Waals surface area contributed by atoms with Gasteiger partial charge in [-0.25, -0.2) is 0 Å². The van der Waals surface area contributed by atoms with Crippen molar-refractivity contribution < 1.29 is 0 Å². The molecule has 0 unspecified atom stereocenters. The Morgan fingerprint density at radius 2 is 2.16 bits per heavy atom. The highest BCUT2D eigenvalue weighted by molar-refractivity contribution is 8.13. The molecule has 0 saturated heterocycles. The van der Waals surface area contributed by atoms with E-state index in [0.717, 1.165) is 22.0 Å². The number of hydrogen-bond acceptors (Lipinski definition) is 4. The van der Waals surface area contributed by atoms with Crippen LogP contribution in [0.2, 0.25) is 0 Å². The predicted octanol–water partition coefficient (Wildman–Crippen LogP) is 2.85. The molecule has 3 N–H and O–H groups in total. The van der Waals surface area contributed by atoms with Gasteiger partial charge in [-0.05, 0) is 10.9 Å². The van der Waals surface area contributed by atoms with Crippen LogP contribution in [-0.2, 0) is 12.2 Å². The van der Waals surface area contributed by atoms with Gasteiger partial charge in [0, 0.05) is 17.3 Å². The number of nitriles is 1. The van der Waals surface area contributed by atoms with E-state index in [-0.39, 0.29) is 17.6 Å². The van der Waals surface area contributed by atoms with Crippen LogP contribution in [0.1, 0.15) is 11.3 Å². The van der Waals surface area contributed by atoms with Crippen LogP contribution in [0.5, 0.6) is 0 Å². The highest BCUT2D eigenvalue weighted by Crippen LogP contribution is 2.23. The third kappa shape index (κ3) is 3.60. The Morgan fingerprint density at radius 1 is 1.42 bits per heavy atom. The van der Waals surface area contributed by atoms with Crippen LogP contribution in [0, 0.1) is 16.7 Å². The lowest BCUT2D eigenvalue weighted by molar-refractivity contribution is 1.11. The van der Waals surface area contributed by atoms with Crippen LogP contribution in [0.15, 0.2) is 30.5 Å². The molecule has 0 aliphatic carbocycles. The molecule has 0 radical (unpaired) electrons. The lowest BCUT2D eigenvalue weighted by atomic mass is 10.0. The number of aromatic nitrogens is 1. The van der Waals surface area contributed by atoms with Crippen LogP contribution in [0.4, 0.5) is 0 Å². The first-order chi connectivity index (χ1) is 8.72. The van der Waals surface area contributed by atoms with Gasteiger partial charge in [-0.1, -0.05) is 36.0 Å². The third-order valence-electron chi connectivity index (χ3n) is 2.61. The van der Waals surface area contributed by atoms with Gasteiger partial charge in [-0.15, -0.1) is 12.4 Å². The molecule has 0 spiro atoms. The van der Waals surface area contributed by atoms with E-state index in [2.05, 4.69) is 11.1 Å². The summed E-state index contributed by atoms with van der Waals surface area (Å²) >= 11 is 1.22. The molecule has 1 heterocycles. The molecule has 0 amide bonds. The van der Waals surface area contributed by atoms with E-state index in [0.29, 0.717) is 12.2 Å². The lowest BCUT2D eigenvalue weighted by Gasteiger charge is -2.09. The number of nitrogens with two attached hydrogens (primary N) is 1. The maximum absolute atomic E-state index is 8.93. The van der Waals surface area contributed by atoms with Crippen molar-refractivity contribution in [1.29, 1.82) is 10.7 Å². The number of hydrogen-bond donors (Lipinski definition) is 2. The molecule has 1 aromatic carbocycles. The van der Waals surface area contributed by atoms with Crippen molar-refractivity contribution in [2.24, 2.45) is 5.73 Å². The number of benzene rings is 1. The van der Waals surface area contributed by atoms with E-state index in [1.54, 1.807) is 6.20 Å². The second-order valence-electron chi connectivity index (χ2n) is 3.76. The maximum Gasteiger partial charge on any atom is 0.151 e. The zero-order valence-corrected chi connectivity index (χ0v) is 11.7. The number of thioether (sulfide) groups is 1. The van der Waals surface area contributed by atoms with Gasteiger partial charge >= 0.3 is 0 Å². The minimum absolute atomic E-state index is 0. The molecule has 0 atom stereocenters. The van der Waals surface area contributed by atoms with Gasteiger partial charge in [0.2, 0.25) is 0 Å². The molecule has 1 aromatic heterocycles. The predicted molar refractivity (Wildman–Crippen MR) is 81.5 cm³/mol. The summed E-state index contributed by atoms with van der Waals surface area (Å²) in [5.41, 5.74) is 7.09. The molecule has 0 aliphatic heterocycles. The third-order valence-corrected chi connectivity index (χ3v) is 3.34. The molecular formula is C13H13ClN4S. The number of amidine groups is 1. The molecule has 0 saturated carbocycles. The van der Waals surface area contributed by atoms with Crippen molar-refractivity contribution in [3.05, 3.63) is 41.7 Å². The largest absolute Gasteiger partial charge is 0.379 e. The number of fused-ring (bicyclic) bond motifs is 1. The Morgan fingerprint density at radius 3 is 2.84 bits per heavy atom. The van der Waals surface area contributed by atoms with Crippen molar-refractivity contribution in [1.82, 2.24) is 4.98 Å². The number of nitrogens with zero attached hydrogens (tertiary/aromatic N) is 2. The smallest absolute Gasteiger partial charge is 0.151 e. The number of halogens is 1. The fraction of sp³-hybridized carbons (Fsp3) is 0.154. The Kier molecular flexibility index (Phi) is 5.61. The first-order valence-electron chi connectivity index (χ1n) is 5.41. The van der Waals surface area contributed by atoms with Gasteiger partial charge < -0.3 is 5.73 Å². The quantitative estimate of drug-likeness (QED) is 0.673. The van der Waals surface area contributed by atoms with Gasteiger partial charge in [-0.3, -0.25) is 10.4 Å². The van der Waals surface area contributed by atoms with E-state index >= 15 is 0 Å². The summed E-state index contributed by atoms with van der Waals surface area (Å²) in [6.07, 6.45) is 2.12. The molecule has 6 heteroatoms. The zero-order valence-electron chi connectivity index (χ0n) is 10.1. The monoisotopic (exact) mass is 292 g/mol. The average molecular weight is 293 g/mol. The van der Waals surface area contributed by atoms with Crippen molar-refractivity contribution >= 4 is 40.1 Å². The first-order valence-corrected chi connectivity index (χ1v) is 6.40. The summed E-state index contributed by atoms with van der Waals surface area (Å²) in [6, 6.07) is 10.0. The van der Waals surface area contributed by atoms with Crippen molar-refractivity contribution in [2.45, 2.75) is 12.2 Å². The molecule has 2 rings (SSSR count). The maximum atomic E-state index is 8.93. The second kappa shape index (κ2) is 6.98. The molecule has 0 aliphatic rings. The summed E-state index contributed by atoms with van der Waals surface area (Å²) in [5.74, 6) is 0.525. The second-order valence-corrected chi connectivity index (χ2v) is 4.78. The number of rotatable bonds is 3. The van der Waals surface area contributed by atoms with Crippen molar-refractivity contribution in [3.8, 4) is 6.07 Å². The highest BCUT2D eigenvalue weighted by Gasteiger charge is 2.09. The summed E-state index contributed by atoms with van der Waals surface area (Å²) in [4.78, 5) is 4.37. The standard InChI is InChI=1S/C13H12N4S.ClH/c14-6-5-11-10-4-2-1-3-9(10)7-17-12(11)8-18-13(15)16;/h1-4,7H,5,8H2,(H3,15,16);1H. The van der Waals surface area contributed by atoms with Crippen molar-refractivity contribution in [3.63, 3.8) is 0 Å². The molecule has 98 valence electrons. The Bertz CT molecular complexity index is 636. The van der Waals surface area contributed by atoms with E-state index in [1.807, 2.05) is 24.3 Å². The molecule has 2 aromatic rings. The lowest BCUT2D eigenvalue weighted by Crippen LogP contribution is -2.05. The summed E-state index contributed by atoms with van der Waals surface area (Å²) < 4.78 is 0. The average Bonchev–Trinajstić information content (AvgIpc) is 2.38. The van der Waals surface area contributed by atoms with Crippen LogP contribution < -0.4 is 5.73 Å². The van der Waals surface area contributed by atoms with E-state index in [4.69, 9.17) is 16.4 Å².